The van der Waals surface area contributed by atoms with Crippen LogP contribution in [0.5, 0.6) is 0 Å². The predicted octanol–water partition coefficient (Wildman–Crippen LogP) is 1.99. The molecule has 0 aromatic carbocycles. The minimum atomic E-state index is -0.366. The van der Waals surface area contributed by atoms with E-state index < -0.39 is 0 Å². The van der Waals surface area contributed by atoms with Gasteiger partial charge in [0, 0.05) is 35.1 Å². The average Bonchev–Trinajstić information content (AvgIpc) is 3.15. The van der Waals surface area contributed by atoms with E-state index in [9.17, 15) is 9.90 Å². The summed E-state index contributed by atoms with van der Waals surface area (Å²) >= 11 is 0. The number of ether oxygens (including phenoxy) is 2. The van der Waals surface area contributed by atoms with Crippen molar-refractivity contribution in [2.75, 3.05) is 0 Å². The van der Waals surface area contributed by atoms with Crippen LogP contribution in [0, 0.1) is 39.9 Å². The Hall–Kier alpha value is -0.910. The van der Waals surface area contributed by atoms with Gasteiger partial charge in [0.1, 0.15) is 12.3 Å². The van der Waals surface area contributed by atoms with Gasteiger partial charge in [-0.3, -0.25) is 10.1 Å². The third-order valence-corrected chi connectivity index (χ3v) is 10.6. The van der Waals surface area contributed by atoms with Crippen molar-refractivity contribution in [3.63, 3.8) is 0 Å². The molecule has 2 N–H and O–H groups in total. The molecule has 0 amide bonds. The molecule has 146 valence electrons. The number of fused-ring (bicyclic) bond motifs is 2. The van der Waals surface area contributed by atoms with Crippen molar-refractivity contribution in [2.45, 2.75) is 76.5 Å². The highest BCUT2D eigenvalue weighted by Gasteiger charge is 2.88. The number of carbonyl (C=O) groups is 1. The van der Waals surface area contributed by atoms with Crippen LogP contribution in [0.4, 0.5) is 0 Å². The van der Waals surface area contributed by atoms with E-state index in [0.717, 1.165) is 24.8 Å². The lowest BCUT2D eigenvalue weighted by atomic mass is 9.42. The maximum atomic E-state index is 12.0. The Morgan fingerprint density at radius 2 is 2.19 bits per heavy atom. The summed E-state index contributed by atoms with van der Waals surface area (Å²) in [7, 11) is 0. The molecule has 4 saturated heterocycles. The average molecular weight is 371 g/mol. The van der Waals surface area contributed by atoms with Gasteiger partial charge in [-0.2, -0.15) is 0 Å². The Balaban J connectivity index is 1.45. The molecular formula is C22H29NO4. The van der Waals surface area contributed by atoms with Crippen molar-refractivity contribution < 1.29 is 19.4 Å². The third kappa shape index (κ3) is 1.34. The van der Waals surface area contributed by atoms with Crippen LogP contribution in [0.1, 0.15) is 46.0 Å². The van der Waals surface area contributed by atoms with Gasteiger partial charge in [-0.1, -0.05) is 13.5 Å². The lowest BCUT2D eigenvalue weighted by Gasteiger charge is -2.71. The van der Waals surface area contributed by atoms with Crippen LogP contribution in [-0.4, -0.2) is 41.7 Å². The zero-order valence-electron chi connectivity index (χ0n) is 16.1. The first-order valence-corrected chi connectivity index (χ1v) is 10.8. The summed E-state index contributed by atoms with van der Waals surface area (Å²) in [6.45, 7) is 8.27. The van der Waals surface area contributed by atoms with Crippen molar-refractivity contribution in [3.8, 4) is 0 Å². The fraction of sp³-hybridized carbons (Fsp3) is 0.864. The van der Waals surface area contributed by atoms with Gasteiger partial charge in [-0.25, -0.2) is 0 Å². The number of aliphatic hydroxyl groups is 1. The summed E-state index contributed by atoms with van der Waals surface area (Å²) in [6, 6.07) is 0.444. The summed E-state index contributed by atoms with van der Waals surface area (Å²) in [5, 5.41) is 15.0. The molecule has 5 saturated carbocycles. The van der Waals surface area contributed by atoms with E-state index in [1.165, 1.54) is 19.8 Å². The van der Waals surface area contributed by atoms with Gasteiger partial charge in [0.05, 0.1) is 12.2 Å². The molecular weight excluding hydrogens is 342 g/mol. The molecule has 27 heavy (non-hydrogen) atoms. The second-order valence-corrected chi connectivity index (χ2v) is 10.9. The fourth-order valence-corrected chi connectivity index (χ4v) is 10.1. The van der Waals surface area contributed by atoms with Crippen molar-refractivity contribution in [3.05, 3.63) is 12.2 Å². The monoisotopic (exact) mass is 371 g/mol. The topological polar surface area (TPSA) is 67.8 Å². The van der Waals surface area contributed by atoms with Crippen LogP contribution >= 0.6 is 0 Å². The van der Waals surface area contributed by atoms with Crippen LogP contribution in [0.25, 0.3) is 0 Å². The number of aliphatic hydroxyl groups excluding tert-OH is 1. The maximum absolute atomic E-state index is 12.0. The van der Waals surface area contributed by atoms with Crippen LogP contribution in [0.15, 0.2) is 12.2 Å². The Bertz CT molecular complexity index is 797. The van der Waals surface area contributed by atoms with Gasteiger partial charge in [0.25, 0.3) is 0 Å². The van der Waals surface area contributed by atoms with Crippen LogP contribution < -0.4 is 5.32 Å². The molecule has 9 bridgehead atoms. The van der Waals surface area contributed by atoms with Gasteiger partial charge >= 0.3 is 5.97 Å². The quantitative estimate of drug-likeness (QED) is 0.545. The Morgan fingerprint density at radius 3 is 2.96 bits per heavy atom. The molecule has 9 aliphatic rings. The maximum Gasteiger partial charge on any atom is 0.303 e. The highest BCUT2D eigenvalue weighted by atomic mass is 16.5. The number of nitrogens with one attached hydrogen (secondary N) is 1. The summed E-state index contributed by atoms with van der Waals surface area (Å²) in [5.41, 5.74) is 1.21. The molecule has 0 aromatic heterocycles. The fourth-order valence-electron chi connectivity index (χ4n) is 10.1. The Morgan fingerprint density at radius 1 is 1.37 bits per heavy atom. The van der Waals surface area contributed by atoms with Gasteiger partial charge in [0.15, 0.2) is 0 Å². The van der Waals surface area contributed by atoms with E-state index in [1.54, 1.807) is 0 Å². The normalized spacial score (nSPS) is 66.3. The van der Waals surface area contributed by atoms with Crippen LogP contribution in [-0.2, 0) is 14.3 Å². The SMILES string of the molecule is C=C1C2CC3(C1OC(C)=O)C1CC4C5(C)CCC6OC5NC1C64C3CC2O. The molecule has 5 aliphatic carbocycles. The molecule has 12 unspecified atom stereocenters. The molecule has 5 heteroatoms. The number of rotatable bonds is 1. The summed E-state index contributed by atoms with van der Waals surface area (Å²) < 4.78 is 12.6. The van der Waals surface area contributed by atoms with Gasteiger partial charge < -0.3 is 14.6 Å². The zero-order chi connectivity index (χ0) is 18.5. The standard InChI is InChI=1S/C22H29NO4/c1-9-11-8-21(18(9)26-10(2)24)12-6-14-20(3)5-4-16-22(14,15(21)7-13(11)25)17(12)23-19(20)27-16/h11-19,23,25H,1,4-8H2,2-3H3. The third-order valence-electron chi connectivity index (χ3n) is 10.6. The highest BCUT2D eigenvalue weighted by Crippen LogP contribution is 2.85. The van der Waals surface area contributed by atoms with Gasteiger partial charge in [0.2, 0.25) is 0 Å². The number of piperidine rings is 1. The molecule has 9 rings (SSSR count). The number of hydrogen-bond acceptors (Lipinski definition) is 5. The van der Waals surface area contributed by atoms with E-state index in [2.05, 4.69) is 18.8 Å². The molecule has 0 radical (unpaired) electrons. The minimum absolute atomic E-state index is 0.0556. The van der Waals surface area contributed by atoms with E-state index in [4.69, 9.17) is 9.47 Å². The van der Waals surface area contributed by atoms with E-state index >= 15 is 0 Å². The molecule has 12 atom stereocenters. The van der Waals surface area contributed by atoms with E-state index in [0.29, 0.717) is 29.9 Å². The molecule has 4 aliphatic heterocycles. The van der Waals surface area contributed by atoms with Gasteiger partial charge in [-0.05, 0) is 55.4 Å². The second kappa shape index (κ2) is 4.31. The first-order valence-electron chi connectivity index (χ1n) is 10.8. The van der Waals surface area contributed by atoms with Crippen molar-refractivity contribution in [1.82, 2.24) is 5.32 Å². The molecule has 0 aromatic rings. The first kappa shape index (κ1) is 15.9. The van der Waals surface area contributed by atoms with Crippen molar-refractivity contribution >= 4 is 5.97 Å². The molecule has 5 nitrogen and oxygen atoms in total. The number of carbonyl (C=O) groups excluding carboxylic acids is 1. The van der Waals surface area contributed by atoms with E-state index in [1.807, 2.05) is 0 Å². The summed E-state index contributed by atoms with van der Waals surface area (Å²) in [6.07, 6.45) is 5.21. The molecule has 4 heterocycles. The summed E-state index contributed by atoms with van der Waals surface area (Å²) in [5.74, 6) is 1.38. The lowest BCUT2D eigenvalue weighted by molar-refractivity contribution is -0.330. The zero-order valence-corrected chi connectivity index (χ0v) is 16.1. The van der Waals surface area contributed by atoms with Crippen LogP contribution in [0.2, 0.25) is 0 Å². The number of hydrogen-bond donors (Lipinski definition) is 2. The number of esters is 1. The van der Waals surface area contributed by atoms with Crippen LogP contribution in [0.3, 0.4) is 0 Å². The lowest BCUT2D eigenvalue weighted by Crippen LogP contribution is -2.78. The van der Waals surface area contributed by atoms with Crippen molar-refractivity contribution in [2.24, 2.45) is 39.9 Å². The smallest absolute Gasteiger partial charge is 0.303 e. The summed E-state index contributed by atoms with van der Waals surface area (Å²) in [4.78, 5) is 12.0. The minimum Gasteiger partial charge on any atom is -0.457 e. The first-order chi connectivity index (χ1) is 12.8. The molecule has 9 fully saturated rings. The second-order valence-electron chi connectivity index (χ2n) is 10.9. The largest absolute Gasteiger partial charge is 0.457 e. The predicted molar refractivity (Wildman–Crippen MR) is 96.3 cm³/mol. The Labute approximate surface area is 159 Å². The Kier molecular flexibility index (Phi) is 2.55. The van der Waals surface area contributed by atoms with Gasteiger partial charge in [-0.15, -0.1) is 0 Å². The molecule has 2 spiro atoms. The highest BCUT2D eigenvalue weighted by molar-refractivity contribution is 5.67. The van der Waals surface area contributed by atoms with Crippen molar-refractivity contribution in [1.29, 1.82) is 0 Å². The van der Waals surface area contributed by atoms with E-state index in [-0.39, 0.29) is 46.6 Å².